The van der Waals surface area contributed by atoms with Gasteiger partial charge in [-0.15, -0.1) is 0 Å². The average Bonchev–Trinajstić information content (AvgIpc) is 2.92. The number of hydrogen-bond acceptors (Lipinski definition) is 7. The second kappa shape index (κ2) is 24.2. The van der Waals surface area contributed by atoms with Gasteiger partial charge in [0.1, 0.15) is 5.75 Å². The van der Waals surface area contributed by atoms with E-state index in [1.807, 2.05) is 0 Å². The second-order valence-electron chi connectivity index (χ2n) is 12.7. The number of nitrogens with two attached hydrogens (primary N) is 2. The Hall–Kier alpha value is -1.22. The molecule has 1 aromatic carbocycles. The maximum atomic E-state index is 6.40. The van der Waals surface area contributed by atoms with Crippen LogP contribution in [0.15, 0.2) is 18.2 Å². The van der Waals surface area contributed by atoms with Crippen molar-refractivity contribution in [3.8, 4) is 5.75 Å². The predicted octanol–water partition coefficient (Wildman–Crippen LogP) is 4.47. The molecule has 0 heterocycles. The van der Waals surface area contributed by atoms with Gasteiger partial charge in [0, 0.05) is 12.1 Å². The zero-order valence-electron chi connectivity index (χ0n) is 27.7. The van der Waals surface area contributed by atoms with Crippen LogP contribution in [0.2, 0.25) is 0 Å². The maximum Gasteiger partial charge on any atom is 0.119 e. The van der Waals surface area contributed by atoms with Crippen molar-refractivity contribution in [2.45, 2.75) is 105 Å². The van der Waals surface area contributed by atoms with Crippen molar-refractivity contribution < 1.29 is 4.74 Å². The molecule has 0 radical (unpaired) electrons. The first-order valence-electron chi connectivity index (χ1n) is 16.8. The zero-order valence-corrected chi connectivity index (χ0v) is 27.7. The fourth-order valence-corrected chi connectivity index (χ4v) is 5.13. The minimum atomic E-state index is 0.364. The van der Waals surface area contributed by atoms with Gasteiger partial charge in [0.25, 0.3) is 0 Å². The van der Waals surface area contributed by atoms with Crippen molar-refractivity contribution in [3.05, 3.63) is 29.3 Å². The molecule has 0 aromatic heterocycles. The van der Waals surface area contributed by atoms with Crippen LogP contribution in [0.3, 0.4) is 0 Å². The maximum absolute atomic E-state index is 6.40. The highest BCUT2D eigenvalue weighted by molar-refractivity contribution is 5.35. The molecule has 0 aliphatic carbocycles. The minimum Gasteiger partial charge on any atom is -0.493 e. The molecular formula is C34H68N6O. The lowest BCUT2D eigenvalue weighted by Crippen LogP contribution is -2.36. The lowest BCUT2D eigenvalue weighted by atomic mass is 9.96. The first kappa shape index (κ1) is 37.8. The summed E-state index contributed by atoms with van der Waals surface area (Å²) in [7, 11) is 0. The van der Waals surface area contributed by atoms with Gasteiger partial charge in [-0.3, -0.25) is 0 Å². The summed E-state index contributed by atoms with van der Waals surface area (Å²) in [5.74, 6) is 2.97. The molecule has 0 amide bonds. The van der Waals surface area contributed by atoms with Gasteiger partial charge in [-0.05, 0) is 132 Å². The molecule has 2 atom stereocenters. The lowest BCUT2D eigenvalue weighted by molar-refractivity contribution is 0.240. The summed E-state index contributed by atoms with van der Waals surface area (Å²) < 4.78 is 6.40. The molecule has 0 bridgehead atoms. The molecule has 0 aliphatic rings. The van der Waals surface area contributed by atoms with Gasteiger partial charge >= 0.3 is 0 Å². The summed E-state index contributed by atoms with van der Waals surface area (Å²) in [5, 5.41) is 14.7. The third kappa shape index (κ3) is 19.6. The Morgan fingerprint density at radius 2 is 1.15 bits per heavy atom. The monoisotopic (exact) mass is 577 g/mol. The van der Waals surface area contributed by atoms with E-state index < -0.39 is 0 Å². The smallest absolute Gasteiger partial charge is 0.119 e. The van der Waals surface area contributed by atoms with Crippen LogP contribution in [0.5, 0.6) is 5.75 Å². The third-order valence-electron chi connectivity index (χ3n) is 7.69. The van der Waals surface area contributed by atoms with Crippen molar-refractivity contribution in [1.29, 1.82) is 0 Å². The summed E-state index contributed by atoms with van der Waals surface area (Å²) in [6, 6.07) is 7.63. The molecule has 7 nitrogen and oxygen atoms in total. The molecule has 0 spiro atoms. The summed E-state index contributed by atoms with van der Waals surface area (Å²) >= 11 is 0. The largest absolute Gasteiger partial charge is 0.493 e. The Balaban J connectivity index is 2.89. The summed E-state index contributed by atoms with van der Waals surface area (Å²) in [6.07, 6.45) is 8.39. The van der Waals surface area contributed by atoms with Crippen molar-refractivity contribution in [3.63, 3.8) is 0 Å². The van der Waals surface area contributed by atoms with E-state index in [9.17, 15) is 0 Å². The van der Waals surface area contributed by atoms with Crippen LogP contribution < -0.4 is 37.5 Å². The van der Waals surface area contributed by atoms with Gasteiger partial charge in [-0.2, -0.15) is 0 Å². The highest BCUT2D eigenvalue weighted by atomic mass is 16.5. The topological polar surface area (TPSA) is 109 Å². The Morgan fingerprint density at radius 3 is 1.54 bits per heavy atom. The molecule has 0 aliphatic heterocycles. The molecule has 41 heavy (non-hydrogen) atoms. The summed E-state index contributed by atoms with van der Waals surface area (Å²) in [4.78, 5) is 0. The van der Waals surface area contributed by atoms with Gasteiger partial charge < -0.3 is 37.5 Å². The first-order valence-corrected chi connectivity index (χ1v) is 16.8. The van der Waals surface area contributed by atoms with Crippen molar-refractivity contribution in [2.24, 2.45) is 29.2 Å². The SMILES string of the molecule is CCC(CC)COc1cc(CC(CCN)NCCCNCC(C)C)cc(CC(CCN)NCCCNCC(C)C)c1. The molecule has 1 aromatic rings. The number of benzene rings is 1. The molecule has 0 saturated heterocycles. The molecule has 0 saturated carbocycles. The van der Waals surface area contributed by atoms with Crippen LogP contribution in [0, 0.1) is 17.8 Å². The Bertz CT molecular complexity index is 690. The quantitative estimate of drug-likeness (QED) is 0.0858. The summed E-state index contributed by atoms with van der Waals surface area (Å²) in [6.45, 7) is 21.9. The van der Waals surface area contributed by atoms with E-state index in [1.54, 1.807) is 0 Å². The normalized spacial score (nSPS) is 13.4. The zero-order chi connectivity index (χ0) is 30.3. The Morgan fingerprint density at radius 1 is 0.683 bits per heavy atom. The number of nitrogens with one attached hydrogen (secondary N) is 4. The second-order valence-corrected chi connectivity index (χ2v) is 12.7. The van der Waals surface area contributed by atoms with E-state index in [2.05, 4.69) is 81.0 Å². The highest BCUT2D eigenvalue weighted by Gasteiger charge is 2.14. The van der Waals surface area contributed by atoms with E-state index >= 15 is 0 Å². The predicted molar refractivity (Wildman–Crippen MR) is 179 cm³/mol. The standard InChI is InChI=1S/C34H68N6O/c1-7-29(8-2)26-41-34-22-30(20-32(11-13-35)39-17-9-15-37-24-27(3)4)19-31(23-34)21-33(12-14-36)40-18-10-16-38-25-28(5)6/h19,22-23,27-29,32-33,37-40H,7-18,20-21,24-26,35-36H2,1-6H3. The van der Waals surface area contributed by atoms with E-state index in [-0.39, 0.29) is 0 Å². The molecule has 240 valence electrons. The van der Waals surface area contributed by atoms with Gasteiger partial charge in [-0.1, -0.05) is 60.5 Å². The van der Waals surface area contributed by atoms with Crippen LogP contribution in [-0.2, 0) is 12.8 Å². The van der Waals surface area contributed by atoms with E-state index in [1.165, 1.54) is 11.1 Å². The van der Waals surface area contributed by atoms with Crippen LogP contribution in [0.4, 0.5) is 0 Å². The minimum absolute atomic E-state index is 0.364. The molecule has 1 rings (SSSR count). The first-order chi connectivity index (χ1) is 19.8. The van der Waals surface area contributed by atoms with E-state index in [0.29, 0.717) is 42.9 Å². The molecule has 8 N–H and O–H groups in total. The molecule has 2 unspecified atom stereocenters. The molecule has 0 fully saturated rings. The number of rotatable bonds is 27. The van der Waals surface area contributed by atoms with Crippen LogP contribution in [0.25, 0.3) is 0 Å². The van der Waals surface area contributed by atoms with Gasteiger partial charge in [0.2, 0.25) is 0 Å². The van der Waals surface area contributed by atoms with Gasteiger partial charge in [0.05, 0.1) is 6.61 Å². The van der Waals surface area contributed by atoms with Crippen molar-refractivity contribution >= 4 is 0 Å². The molecule has 7 heteroatoms. The van der Waals surface area contributed by atoms with Crippen molar-refractivity contribution in [2.75, 3.05) is 59.0 Å². The Kier molecular flexibility index (Phi) is 22.4. The van der Waals surface area contributed by atoms with Crippen LogP contribution >= 0.6 is 0 Å². The fraction of sp³-hybridized carbons (Fsp3) is 0.824. The third-order valence-corrected chi connectivity index (χ3v) is 7.69. The molecular weight excluding hydrogens is 508 g/mol. The number of ether oxygens (including phenoxy) is 1. The van der Waals surface area contributed by atoms with Crippen LogP contribution in [0.1, 0.15) is 91.2 Å². The van der Waals surface area contributed by atoms with Crippen LogP contribution in [-0.4, -0.2) is 71.0 Å². The lowest BCUT2D eigenvalue weighted by Gasteiger charge is -2.22. The average molecular weight is 577 g/mol. The van der Waals surface area contributed by atoms with E-state index in [4.69, 9.17) is 16.2 Å². The van der Waals surface area contributed by atoms with Crippen molar-refractivity contribution in [1.82, 2.24) is 21.3 Å². The fourth-order valence-electron chi connectivity index (χ4n) is 5.13. The Labute approximate surface area is 254 Å². The van der Waals surface area contributed by atoms with Gasteiger partial charge in [0.15, 0.2) is 0 Å². The van der Waals surface area contributed by atoms with Gasteiger partial charge in [-0.25, -0.2) is 0 Å². The van der Waals surface area contributed by atoms with E-state index in [0.717, 1.165) is 103 Å². The number of hydrogen-bond donors (Lipinski definition) is 6. The highest BCUT2D eigenvalue weighted by Crippen LogP contribution is 2.22. The summed E-state index contributed by atoms with van der Waals surface area (Å²) in [5.41, 5.74) is 14.7.